The lowest BCUT2D eigenvalue weighted by Crippen LogP contribution is -2.67. The molecule has 0 radical (unpaired) electrons. The Morgan fingerprint density at radius 3 is 1.35 bits per heavy atom. The lowest BCUT2D eigenvalue weighted by Gasteiger charge is -2.49. The molecule has 3 heterocycles. The molecule has 15 atom stereocenters. The molecular formula is C21H38O16. The third-order valence-corrected chi connectivity index (χ3v) is 6.84. The van der Waals surface area contributed by atoms with Gasteiger partial charge in [0, 0.05) is 21.3 Å². The minimum atomic E-state index is -1.54. The zero-order chi connectivity index (χ0) is 27.4. The Morgan fingerprint density at radius 2 is 0.892 bits per heavy atom. The number of hydrogen-bond donors (Lipinski definition) is 8. The van der Waals surface area contributed by atoms with Gasteiger partial charge >= 0.3 is 0 Å². The van der Waals surface area contributed by atoms with Crippen molar-refractivity contribution in [1.29, 1.82) is 0 Å². The maximum Gasteiger partial charge on any atom is 0.187 e. The molecule has 3 fully saturated rings. The van der Waals surface area contributed by atoms with E-state index in [-0.39, 0.29) is 0 Å². The molecule has 16 nitrogen and oxygen atoms in total. The minimum absolute atomic E-state index is 0.644. The Bertz CT molecular complexity index is 687. The zero-order valence-corrected chi connectivity index (χ0v) is 20.6. The summed E-state index contributed by atoms with van der Waals surface area (Å²) in [6, 6.07) is 0. The predicted octanol–water partition coefficient (Wildman–Crippen LogP) is -5.61. The number of rotatable bonds is 10. The van der Waals surface area contributed by atoms with Gasteiger partial charge < -0.3 is 78.7 Å². The lowest BCUT2D eigenvalue weighted by molar-refractivity contribution is -0.381. The molecule has 0 aliphatic carbocycles. The van der Waals surface area contributed by atoms with Gasteiger partial charge in [-0.3, -0.25) is 0 Å². The van der Waals surface area contributed by atoms with Gasteiger partial charge in [-0.1, -0.05) is 0 Å². The molecule has 0 aromatic rings. The SMILES string of the molecule is CO[C@@H]1[C@@H](O)[C@H](O[C@H]2O[C@H](CO)[C@@H](O[C@H]3O[C@H](CO)[C@@H](O)[C@H](O)[C@H]3OC)[C@H](O)[C@H]2OC)[C@@H](CO)O[C@@H]1O. The van der Waals surface area contributed by atoms with Crippen molar-refractivity contribution in [2.24, 2.45) is 0 Å². The standard InChI is InChI=1S/C21H38O16/c1-30-16-12(27)14(8(5-23)33-19(16)29)36-21-18(32-3)13(28)15(9(6-24)35-21)37-20-17(31-2)11(26)10(25)7(4-22)34-20/h7-29H,4-6H2,1-3H3/t7-,8-,9-,10-,11+,12+,13+,14-,15-,16-,17-,18-,19+,20-,21-/m1/s1. The normalized spacial score (nSPS) is 49.2. The molecule has 3 aliphatic heterocycles. The first-order valence-electron chi connectivity index (χ1n) is 11.8. The molecule has 0 aromatic carbocycles. The number of hydrogen-bond acceptors (Lipinski definition) is 16. The fraction of sp³-hybridized carbons (Fsp3) is 1.00. The van der Waals surface area contributed by atoms with E-state index < -0.39 is 112 Å². The van der Waals surface area contributed by atoms with Crippen LogP contribution in [0.3, 0.4) is 0 Å². The highest BCUT2D eigenvalue weighted by atomic mass is 16.8. The molecule has 0 bridgehead atoms. The Kier molecular flexibility index (Phi) is 11.4. The summed E-state index contributed by atoms with van der Waals surface area (Å²) < 4.78 is 43.8. The van der Waals surface area contributed by atoms with Crippen LogP contribution in [0.4, 0.5) is 0 Å². The largest absolute Gasteiger partial charge is 0.394 e. The van der Waals surface area contributed by atoms with Gasteiger partial charge in [0.15, 0.2) is 18.9 Å². The summed E-state index contributed by atoms with van der Waals surface area (Å²) in [5, 5.41) is 81.4. The van der Waals surface area contributed by atoms with E-state index in [2.05, 4.69) is 0 Å². The molecule has 0 unspecified atom stereocenters. The highest BCUT2D eigenvalue weighted by molar-refractivity contribution is 4.97. The van der Waals surface area contributed by atoms with Crippen molar-refractivity contribution in [2.45, 2.75) is 92.1 Å². The summed E-state index contributed by atoms with van der Waals surface area (Å²) in [6.45, 7) is -1.98. The molecular weight excluding hydrogens is 508 g/mol. The van der Waals surface area contributed by atoms with Gasteiger partial charge in [-0.15, -0.1) is 0 Å². The predicted molar refractivity (Wildman–Crippen MR) is 116 cm³/mol. The molecule has 218 valence electrons. The molecule has 0 spiro atoms. The van der Waals surface area contributed by atoms with Crippen LogP contribution in [0.2, 0.25) is 0 Å². The summed E-state index contributed by atoms with van der Waals surface area (Å²) >= 11 is 0. The quantitative estimate of drug-likeness (QED) is 0.127. The molecule has 16 heteroatoms. The van der Waals surface area contributed by atoms with Gasteiger partial charge in [-0.25, -0.2) is 0 Å². The highest BCUT2D eigenvalue weighted by Crippen LogP contribution is 2.33. The van der Waals surface area contributed by atoms with Crippen LogP contribution in [0.5, 0.6) is 0 Å². The second kappa shape index (κ2) is 13.6. The van der Waals surface area contributed by atoms with Crippen molar-refractivity contribution in [1.82, 2.24) is 0 Å². The molecule has 3 aliphatic rings. The zero-order valence-electron chi connectivity index (χ0n) is 20.6. The average Bonchev–Trinajstić information content (AvgIpc) is 2.89. The molecule has 37 heavy (non-hydrogen) atoms. The van der Waals surface area contributed by atoms with Crippen LogP contribution in [-0.4, -0.2) is 174 Å². The summed E-state index contributed by atoms with van der Waals surface area (Å²) in [5.74, 6) is 0. The highest BCUT2D eigenvalue weighted by Gasteiger charge is 2.54. The maximum atomic E-state index is 11.1. The van der Waals surface area contributed by atoms with E-state index in [9.17, 15) is 40.9 Å². The summed E-state index contributed by atoms with van der Waals surface area (Å²) in [4.78, 5) is 0. The summed E-state index contributed by atoms with van der Waals surface area (Å²) in [7, 11) is 3.70. The van der Waals surface area contributed by atoms with Crippen molar-refractivity contribution < 1.29 is 78.7 Å². The van der Waals surface area contributed by atoms with E-state index in [1.807, 2.05) is 0 Å². The van der Waals surface area contributed by atoms with Crippen LogP contribution in [0, 0.1) is 0 Å². The van der Waals surface area contributed by atoms with Gasteiger partial charge in [0.2, 0.25) is 0 Å². The van der Waals surface area contributed by atoms with Crippen molar-refractivity contribution in [3.05, 3.63) is 0 Å². The third kappa shape index (κ3) is 6.25. The number of aliphatic hydroxyl groups is 8. The molecule has 0 saturated carbocycles. The van der Waals surface area contributed by atoms with Crippen LogP contribution in [0.15, 0.2) is 0 Å². The average molecular weight is 547 g/mol. The number of aliphatic hydroxyl groups excluding tert-OH is 8. The van der Waals surface area contributed by atoms with E-state index >= 15 is 0 Å². The van der Waals surface area contributed by atoms with Gasteiger partial charge in [0.1, 0.15) is 73.2 Å². The number of ether oxygens (including phenoxy) is 8. The second-order valence-electron chi connectivity index (χ2n) is 8.96. The first-order chi connectivity index (χ1) is 17.7. The van der Waals surface area contributed by atoms with E-state index in [4.69, 9.17) is 37.9 Å². The molecule has 0 aromatic heterocycles. The summed E-state index contributed by atoms with van der Waals surface area (Å²) in [6.07, 6.45) is -20.4. The van der Waals surface area contributed by atoms with Crippen LogP contribution in [0.1, 0.15) is 0 Å². The van der Waals surface area contributed by atoms with Crippen molar-refractivity contribution in [2.75, 3.05) is 41.2 Å². The summed E-state index contributed by atoms with van der Waals surface area (Å²) in [5.41, 5.74) is 0. The fourth-order valence-corrected chi connectivity index (χ4v) is 4.78. The van der Waals surface area contributed by atoms with Crippen molar-refractivity contribution in [3.8, 4) is 0 Å². The Labute approximate surface area is 212 Å². The van der Waals surface area contributed by atoms with E-state index in [1.165, 1.54) is 21.3 Å². The molecule has 0 amide bonds. The fourth-order valence-electron chi connectivity index (χ4n) is 4.78. The maximum absolute atomic E-state index is 11.1. The smallest absolute Gasteiger partial charge is 0.187 e. The molecule has 8 N–H and O–H groups in total. The van der Waals surface area contributed by atoms with Crippen LogP contribution < -0.4 is 0 Å². The van der Waals surface area contributed by atoms with Crippen molar-refractivity contribution in [3.63, 3.8) is 0 Å². The van der Waals surface area contributed by atoms with Crippen LogP contribution in [-0.2, 0) is 37.9 Å². The van der Waals surface area contributed by atoms with Crippen LogP contribution >= 0.6 is 0 Å². The first kappa shape index (κ1) is 30.9. The minimum Gasteiger partial charge on any atom is -0.394 e. The van der Waals surface area contributed by atoms with Gasteiger partial charge in [0.25, 0.3) is 0 Å². The molecule has 3 saturated heterocycles. The monoisotopic (exact) mass is 546 g/mol. The third-order valence-electron chi connectivity index (χ3n) is 6.84. The molecule has 3 rings (SSSR count). The van der Waals surface area contributed by atoms with Gasteiger partial charge in [-0.05, 0) is 0 Å². The number of methoxy groups -OCH3 is 3. The van der Waals surface area contributed by atoms with Gasteiger partial charge in [-0.2, -0.15) is 0 Å². The first-order valence-corrected chi connectivity index (χ1v) is 11.8. The van der Waals surface area contributed by atoms with Gasteiger partial charge in [0.05, 0.1) is 19.8 Å². The Hall–Kier alpha value is -0.640. The van der Waals surface area contributed by atoms with E-state index in [1.54, 1.807) is 0 Å². The topological polar surface area (TPSA) is 236 Å². The Morgan fingerprint density at radius 1 is 0.486 bits per heavy atom. The second-order valence-corrected chi connectivity index (χ2v) is 8.96. The van der Waals surface area contributed by atoms with Crippen molar-refractivity contribution >= 4 is 0 Å². The van der Waals surface area contributed by atoms with Crippen LogP contribution in [0.25, 0.3) is 0 Å². The lowest BCUT2D eigenvalue weighted by atomic mass is 9.96. The van der Waals surface area contributed by atoms with E-state index in [0.29, 0.717) is 0 Å². The van der Waals surface area contributed by atoms with E-state index in [0.717, 1.165) is 0 Å². The Balaban J connectivity index is 1.79.